The molecule has 1 amide bonds. The summed E-state index contributed by atoms with van der Waals surface area (Å²) in [6.45, 7) is 11.2. The molecule has 4 heterocycles. The Bertz CT molecular complexity index is 2010. The second-order valence-electron chi connectivity index (χ2n) is 17.7. The van der Waals surface area contributed by atoms with Crippen LogP contribution in [0.2, 0.25) is 0 Å². The molecule has 0 radical (unpaired) electrons. The number of carboxylic acids is 4. The second kappa shape index (κ2) is 24.0. The predicted molar refractivity (Wildman–Crippen MR) is 237 cm³/mol. The predicted octanol–water partition coefficient (Wildman–Crippen LogP) is 1.73. The van der Waals surface area contributed by atoms with Crippen molar-refractivity contribution in [3.05, 3.63) is 58.9 Å². The van der Waals surface area contributed by atoms with E-state index in [1.165, 1.54) is 12.4 Å². The van der Waals surface area contributed by atoms with Gasteiger partial charge in [-0.1, -0.05) is 12.1 Å². The number of amides is 1. The van der Waals surface area contributed by atoms with E-state index in [2.05, 4.69) is 33.6 Å². The van der Waals surface area contributed by atoms with Gasteiger partial charge in [-0.15, -0.1) is 0 Å². The first-order valence-corrected chi connectivity index (χ1v) is 23.3. The van der Waals surface area contributed by atoms with Crippen molar-refractivity contribution >= 4 is 77.5 Å². The fourth-order valence-electron chi connectivity index (χ4n) is 9.37. The molecule has 3 saturated heterocycles. The monoisotopic (exact) mass is 958 g/mol. The zero-order chi connectivity index (χ0) is 46.9. The first-order chi connectivity index (χ1) is 30.2. The molecule has 0 bridgehead atoms. The number of aromatic nitrogens is 2. The van der Waals surface area contributed by atoms with E-state index in [9.17, 15) is 36.8 Å². The van der Waals surface area contributed by atoms with Gasteiger partial charge in [-0.05, 0) is 89.8 Å². The van der Waals surface area contributed by atoms with Crippen LogP contribution in [0.15, 0.2) is 30.6 Å². The quantitative estimate of drug-likeness (QED) is 0.156. The Balaban J connectivity index is 0.000000375. The van der Waals surface area contributed by atoms with Crippen LogP contribution in [-0.4, -0.2) is 237 Å². The molecule has 2 aromatic rings. The summed E-state index contributed by atoms with van der Waals surface area (Å²) in [6.07, 6.45) is 6.45. The van der Waals surface area contributed by atoms with Gasteiger partial charge in [0.2, 0.25) is 10.0 Å². The molecule has 1 aliphatic carbocycles. The number of carboxylic acid groups (broad SMARTS) is 4. The van der Waals surface area contributed by atoms with Crippen LogP contribution in [0.5, 0.6) is 0 Å². The van der Waals surface area contributed by atoms with Gasteiger partial charge in [0.25, 0.3) is 5.91 Å². The molecular formula is C43H63CaFN8O11S+2. The largest absolute Gasteiger partial charge is 2.00 e. The Morgan fingerprint density at radius 2 is 1.31 bits per heavy atom. The molecule has 3 aliphatic heterocycles. The van der Waals surface area contributed by atoms with Gasteiger partial charge in [-0.25, -0.2) is 27.1 Å². The summed E-state index contributed by atoms with van der Waals surface area (Å²) in [4.78, 5) is 73.3. The van der Waals surface area contributed by atoms with Crippen LogP contribution in [0.25, 0.3) is 0 Å². The molecule has 354 valence electrons. The van der Waals surface area contributed by atoms with Gasteiger partial charge < -0.3 is 25.3 Å². The van der Waals surface area contributed by atoms with Crippen LogP contribution in [0.1, 0.15) is 85.7 Å². The Labute approximate surface area is 410 Å². The third-order valence-corrected chi connectivity index (χ3v) is 15.4. The molecule has 19 nitrogen and oxygen atoms in total. The molecule has 0 spiro atoms. The number of piperazine rings is 1. The molecule has 2 atom stereocenters. The Morgan fingerprint density at radius 3 is 1.75 bits per heavy atom. The molecular weight excluding hydrogens is 896 g/mol. The van der Waals surface area contributed by atoms with E-state index < -0.39 is 60.1 Å². The smallest absolute Gasteiger partial charge is 0.480 e. The first-order valence-electron chi connectivity index (χ1n) is 21.8. The third kappa shape index (κ3) is 15.0. The number of rotatable bonds is 18. The third-order valence-electron chi connectivity index (χ3n) is 13.0. The van der Waals surface area contributed by atoms with Crippen LogP contribution in [0, 0.1) is 25.6 Å². The molecule has 65 heavy (non-hydrogen) atoms. The number of piperidine rings is 2. The Morgan fingerprint density at radius 1 is 0.800 bits per heavy atom. The summed E-state index contributed by atoms with van der Waals surface area (Å²) in [6, 6.07) is 7.29. The fraction of sp³-hybridized carbons (Fsp3) is 0.651. The van der Waals surface area contributed by atoms with E-state index in [4.69, 9.17) is 20.4 Å². The van der Waals surface area contributed by atoms with E-state index in [1.807, 2.05) is 24.8 Å². The minimum Gasteiger partial charge on any atom is -0.480 e. The summed E-state index contributed by atoms with van der Waals surface area (Å²) < 4.78 is 42.0. The van der Waals surface area contributed by atoms with Crippen LogP contribution in [-0.2, 0) is 29.2 Å². The fourth-order valence-corrected chi connectivity index (χ4v) is 11.2. The number of aryl methyl sites for hydroxylation is 2. The second-order valence-corrected chi connectivity index (χ2v) is 19.9. The van der Waals surface area contributed by atoms with Gasteiger partial charge in [-0.2, -0.15) is 0 Å². The minimum atomic E-state index is -3.18. The topological polar surface area (TPSA) is 246 Å². The van der Waals surface area contributed by atoms with E-state index in [1.54, 1.807) is 16.4 Å². The number of nitrogens with zero attached hydrogens (tertiary/aromatic N) is 8. The Kier molecular flexibility index (Phi) is 20.1. The van der Waals surface area contributed by atoms with Crippen molar-refractivity contribution in [3.63, 3.8) is 0 Å². The van der Waals surface area contributed by atoms with E-state index in [0.717, 1.165) is 84.9 Å². The maximum absolute atomic E-state index is 14.5. The maximum Gasteiger partial charge on any atom is 2.00 e. The molecule has 1 aromatic heterocycles. The number of likely N-dealkylation sites (tertiary alicyclic amines) is 1. The van der Waals surface area contributed by atoms with Gasteiger partial charge in [0.15, 0.2) is 0 Å². The first kappa shape index (κ1) is 54.2. The van der Waals surface area contributed by atoms with Crippen molar-refractivity contribution in [2.24, 2.45) is 5.92 Å². The number of benzene rings is 1. The van der Waals surface area contributed by atoms with Crippen LogP contribution < -0.4 is 0 Å². The summed E-state index contributed by atoms with van der Waals surface area (Å²) in [5.74, 6) is -4.86. The van der Waals surface area contributed by atoms with Crippen LogP contribution >= 0.6 is 0 Å². The van der Waals surface area contributed by atoms with Crippen molar-refractivity contribution < 1.29 is 57.2 Å². The molecule has 4 aliphatic rings. The van der Waals surface area contributed by atoms with Crippen molar-refractivity contribution in [1.82, 2.24) is 38.8 Å². The standard InChI is InChI=1S/C33H47FN6O3S.C10H16N2O8.Ca/c1-23-21-38(33(4)12-16-37(17-13-33)32(41)30-24(2)35-22-36-25(30)3)18-19-40(23)31(27-6-5-7-28(34)20-27)26-10-14-39(15-11-26)44(42,43)29-8-9-29;13-7(14)3-11(4-8(15)16)1-2-12(5-9(17)18)6-10(19)20;/h5-7,20,22-23,26,29,31H,8-19,21H2,1-4H3;1-6H2,(H,13,14)(H,15,16)(H,17,18)(H,19,20);/q;;+2/t23-,31-;;/m1../s1. The zero-order valence-electron chi connectivity index (χ0n) is 37.8. The SMILES string of the molecule is Cc1ncnc(C)c1C(=O)N1CCC(C)(N2CCN([C@@H](c3cccc(F)c3)C3CCN(S(=O)(=O)C4CC4)CC3)[C@H](C)C2)CC1.O=C(O)CN(CCN(CC(=O)O)CC(=O)O)CC(=O)O.[Ca+2]. The number of hydrogen-bond acceptors (Lipinski definition) is 13. The van der Waals surface area contributed by atoms with Crippen molar-refractivity contribution in [2.75, 3.05) is 85.1 Å². The summed E-state index contributed by atoms with van der Waals surface area (Å²) >= 11 is 0. The summed E-state index contributed by atoms with van der Waals surface area (Å²) in [7, 11) is -3.18. The maximum atomic E-state index is 14.5. The van der Waals surface area contributed by atoms with Crippen LogP contribution in [0.4, 0.5) is 4.39 Å². The van der Waals surface area contributed by atoms with Gasteiger partial charge in [0, 0.05) is 76.5 Å². The molecule has 4 N–H and O–H groups in total. The average molecular weight is 959 g/mol. The van der Waals surface area contributed by atoms with E-state index in [-0.39, 0.29) is 91.3 Å². The van der Waals surface area contributed by atoms with Gasteiger partial charge in [-0.3, -0.25) is 43.6 Å². The zero-order valence-corrected chi connectivity index (χ0v) is 40.9. The van der Waals surface area contributed by atoms with Crippen molar-refractivity contribution in [3.8, 4) is 0 Å². The number of sulfonamides is 1. The normalized spacial score (nSPS) is 20.4. The molecule has 0 unspecified atom stereocenters. The number of hydrogen-bond donors (Lipinski definition) is 4. The van der Waals surface area contributed by atoms with Gasteiger partial charge in [0.1, 0.15) is 12.1 Å². The molecule has 22 heteroatoms. The molecule has 1 aromatic carbocycles. The molecule has 1 saturated carbocycles. The summed E-state index contributed by atoms with van der Waals surface area (Å²) in [5, 5.41) is 34.3. The van der Waals surface area contributed by atoms with Gasteiger partial charge >= 0.3 is 61.6 Å². The number of carbonyl (C=O) groups excluding carboxylic acids is 1. The number of halogens is 1. The van der Waals surface area contributed by atoms with Crippen molar-refractivity contribution in [1.29, 1.82) is 0 Å². The molecule has 6 rings (SSSR count). The van der Waals surface area contributed by atoms with Crippen molar-refractivity contribution in [2.45, 2.75) is 89.1 Å². The average Bonchev–Trinajstić information content (AvgIpc) is 4.08. The summed E-state index contributed by atoms with van der Waals surface area (Å²) in [5.41, 5.74) is 3.05. The van der Waals surface area contributed by atoms with E-state index >= 15 is 0 Å². The van der Waals surface area contributed by atoms with Gasteiger partial charge in [0.05, 0.1) is 48.4 Å². The number of carbonyl (C=O) groups is 5. The van der Waals surface area contributed by atoms with Crippen LogP contribution in [0.3, 0.4) is 0 Å². The van der Waals surface area contributed by atoms with E-state index in [0.29, 0.717) is 31.7 Å². The minimum absolute atomic E-state index is 0. The molecule has 4 fully saturated rings. The number of aliphatic carboxylic acids is 4. The Hall–Kier alpha value is -3.41.